The molecule has 126 valence electrons. The Morgan fingerprint density at radius 1 is 1.35 bits per heavy atom. The summed E-state index contributed by atoms with van der Waals surface area (Å²) in [7, 11) is 0. The first kappa shape index (κ1) is 17.3. The van der Waals surface area contributed by atoms with Gasteiger partial charge in [-0.25, -0.2) is 9.78 Å². The van der Waals surface area contributed by atoms with E-state index in [9.17, 15) is 4.79 Å². The number of aliphatic hydroxyl groups excluding tert-OH is 1. The number of hydrogen-bond acceptors (Lipinski definition) is 3. The molecular weight excluding hydrogens is 292 g/mol. The van der Waals surface area contributed by atoms with Crippen molar-refractivity contribution >= 4 is 17.1 Å². The van der Waals surface area contributed by atoms with E-state index in [2.05, 4.69) is 26.3 Å². The maximum absolute atomic E-state index is 11.8. The summed E-state index contributed by atoms with van der Waals surface area (Å²) in [4.78, 5) is 16.3. The molecule has 0 bridgehead atoms. The Kier molecular flexibility index (Phi) is 5.98. The van der Waals surface area contributed by atoms with Crippen molar-refractivity contribution in [2.75, 3.05) is 13.2 Å². The lowest BCUT2D eigenvalue weighted by Crippen LogP contribution is -2.44. The molecule has 0 aliphatic carbocycles. The van der Waals surface area contributed by atoms with Gasteiger partial charge in [0.2, 0.25) is 0 Å². The molecule has 2 rings (SSSR count). The Morgan fingerprint density at radius 3 is 2.83 bits per heavy atom. The van der Waals surface area contributed by atoms with Gasteiger partial charge in [-0.2, -0.15) is 0 Å². The molecule has 1 heterocycles. The minimum atomic E-state index is -0.190. The molecule has 6 nitrogen and oxygen atoms in total. The quantitative estimate of drug-likeness (QED) is 0.684. The second kappa shape index (κ2) is 7.97. The van der Waals surface area contributed by atoms with E-state index in [-0.39, 0.29) is 24.6 Å². The lowest BCUT2D eigenvalue weighted by atomic mass is 10.1. The van der Waals surface area contributed by atoms with Crippen LogP contribution < -0.4 is 10.6 Å². The van der Waals surface area contributed by atoms with Crippen molar-refractivity contribution in [3.63, 3.8) is 0 Å². The number of aromatic nitrogens is 2. The second-order valence-corrected chi connectivity index (χ2v) is 6.00. The van der Waals surface area contributed by atoms with Gasteiger partial charge in [0.15, 0.2) is 0 Å². The summed E-state index contributed by atoms with van der Waals surface area (Å²) in [6.07, 6.45) is 0.832. The van der Waals surface area contributed by atoms with E-state index < -0.39 is 0 Å². The number of carbonyl (C=O) groups is 1. The first-order chi connectivity index (χ1) is 11.0. The van der Waals surface area contributed by atoms with Gasteiger partial charge < -0.3 is 20.3 Å². The average molecular weight is 318 g/mol. The van der Waals surface area contributed by atoms with Gasteiger partial charge >= 0.3 is 6.03 Å². The number of aliphatic hydroxyl groups is 1. The third-order valence-electron chi connectivity index (χ3n) is 4.19. The van der Waals surface area contributed by atoms with Crippen LogP contribution in [0.15, 0.2) is 24.3 Å². The molecule has 2 unspecified atom stereocenters. The summed E-state index contributed by atoms with van der Waals surface area (Å²) in [5.41, 5.74) is 2.13. The highest BCUT2D eigenvalue weighted by molar-refractivity contribution is 5.76. The Bertz CT molecular complexity index is 653. The summed E-state index contributed by atoms with van der Waals surface area (Å²) >= 11 is 0. The molecule has 0 saturated heterocycles. The van der Waals surface area contributed by atoms with Gasteiger partial charge in [-0.3, -0.25) is 0 Å². The SMILES string of the molecule is Cc1nc2ccccc2n1CCCNC(=O)NC(C)C(C)CO. The maximum atomic E-state index is 11.8. The largest absolute Gasteiger partial charge is 0.396 e. The Balaban J connectivity index is 1.79. The molecule has 0 aliphatic heterocycles. The molecule has 0 saturated carbocycles. The minimum Gasteiger partial charge on any atom is -0.396 e. The first-order valence-corrected chi connectivity index (χ1v) is 8.10. The molecule has 3 N–H and O–H groups in total. The number of nitrogens with one attached hydrogen (secondary N) is 2. The van der Waals surface area contributed by atoms with Gasteiger partial charge in [0.1, 0.15) is 5.82 Å². The number of imidazole rings is 1. The molecule has 1 aromatic heterocycles. The number of rotatable bonds is 7. The van der Waals surface area contributed by atoms with Crippen molar-refractivity contribution < 1.29 is 9.90 Å². The molecule has 0 spiro atoms. The minimum absolute atomic E-state index is 0.0423. The van der Waals surface area contributed by atoms with E-state index in [1.165, 1.54) is 0 Å². The molecule has 0 aliphatic rings. The number of carbonyl (C=O) groups excluding carboxylic acids is 1. The zero-order valence-electron chi connectivity index (χ0n) is 14.0. The van der Waals surface area contributed by atoms with E-state index in [1.54, 1.807) is 0 Å². The fraction of sp³-hybridized carbons (Fsp3) is 0.529. The number of nitrogens with zero attached hydrogens (tertiary/aromatic N) is 2. The van der Waals surface area contributed by atoms with Crippen LogP contribution in [0.5, 0.6) is 0 Å². The molecule has 6 heteroatoms. The number of aryl methyl sites for hydroxylation is 2. The molecule has 2 amide bonds. The number of fused-ring (bicyclic) bond motifs is 1. The van der Waals surface area contributed by atoms with E-state index in [0.29, 0.717) is 6.54 Å². The van der Waals surface area contributed by atoms with Crippen molar-refractivity contribution in [3.05, 3.63) is 30.1 Å². The number of hydrogen-bond donors (Lipinski definition) is 3. The van der Waals surface area contributed by atoms with Crippen LogP contribution in [0.3, 0.4) is 0 Å². The predicted molar refractivity (Wildman–Crippen MR) is 91.3 cm³/mol. The zero-order chi connectivity index (χ0) is 16.8. The van der Waals surface area contributed by atoms with Crippen LogP contribution in [0.1, 0.15) is 26.1 Å². The highest BCUT2D eigenvalue weighted by atomic mass is 16.3. The average Bonchev–Trinajstić information content (AvgIpc) is 2.86. The lowest BCUT2D eigenvalue weighted by Gasteiger charge is -2.19. The molecule has 2 aromatic rings. The summed E-state index contributed by atoms with van der Waals surface area (Å²) in [5.74, 6) is 1.03. The third-order valence-corrected chi connectivity index (χ3v) is 4.19. The van der Waals surface area contributed by atoms with E-state index in [4.69, 9.17) is 5.11 Å². The first-order valence-electron chi connectivity index (χ1n) is 8.10. The van der Waals surface area contributed by atoms with Crippen LogP contribution in [0.2, 0.25) is 0 Å². The highest BCUT2D eigenvalue weighted by Crippen LogP contribution is 2.15. The summed E-state index contributed by atoms with van der Waals surface area (Å²) < 4.78 is 2.17. The normalized spacial score (nSPS) is 13.7. The van der Waals surface area contributed by atoms with Crippen molar-refractivity contribution in [2.45, 2.75) is 39.8 Å². The van der Waals surface area contributed by atoms with E-state index in [1.807, 2.05) is 39.0 Å². The summed E-state index contributed by atoms with van der Waals surface area (Å²) in [6, 6.07) is 7.82. The Hall–Kier alpha value is -2.08. The molecule has 1 aromatic carbocycles. The second-order valence-electron chi connectivity index (χ2n) is 6.00. The van der Waals surface area contributed by atoms with Crippen molar-refractivity contribution in [1.82, 2.24) is 20.2 Å². The standard InChI is InChI=1S/C17H26N4O2/c1-12(11-22)13(2)19-17(23)18-9-6-10-21-14(3)20-15-7-4-5-8-16(15)21/h4-5,7-8,12-13,22H,6,9-11H2,1-3H3,(H2,18,19,23). The topological polar surface area (TPSA) is 79.2 Å². The van der Waals surface area contributed by atoms with E-state index >= 15 is 0 Å². The highest BCUT2D eigenvalue weighted by Gasteiger charge is 2.13. The van der Waals surface area contributed by atoms with Crippen molar-refractivity contribution in [2.24, 2.45) is 5.92 Å². The van der Waals surface area contributed by atoms with Crippen LogP contribution >= 0.6 is 0 Å². The molecule has 0 fully saturated rings. The fourth-order valence-corrected chi connectivity index (χ4v) is 2.48. The fourth-order valence-electron chi connectivity index (χ4n) is 2.48. The van der Waals surface area contributed by atoms with Gasteiger partial charge in [-0.15, -0.1) is 0 Å². The lowest BCUT2D eigenvalue weighted by molar-refractivity contribution is 0.200. The van der Waals surface area contributed by atoms with Crippen LogP contribution in [-0.2, 0) is 6.54 Å². The number of urea groups is 1. The van der Waals surface area contributed by atoms with Crippen LogP contribution in [0.25, 0.3) is 11.0 Å². The molecule has 0 radical (unpaired) electrons. The molecular formula is C17H26N4O2. The number of para-hydroxylation sites is 2. The Labute approximate surface area is 136 Å². The van der Waals surface area contributed by atoms with Crippen molar-refractivity contribution in [1.29, 1.82) is 0 Å². The van der Waals surface area contributed by atoms with Gasteiger partial charge in [0, 0.05) is 25.7 Å². The van der Waals surface area contributed by atoms with Gasteiger partial charge in [0.25, 0.3) is 0 Å². The Morgan fingerprint density at radius 2 is 2.09 bits per heavy atom. The smallest absolute Gasteiger partial charge is 0.315 e. The van der Waals surface area contributed by atoms with Crippen molar-refractivity contribution in [3.8, 4) is 0 Å². The summed E-state index contributed by atoms with van der Waals surface area (Å²) in [5, 5.41) is 14.8. The molecule has 2 atom stereocenters. The van der Waals surface area contributed by atoms with Crippen LogP contribution in [0, 0.1) is 12.8 Å². The van der Waals surface area contributed by atoms with Gasteiger partial charge in [-0.05, 0) is 38.3 Å². The summed E-state index contributed by atoms with van der Waals surface area (Å²) in [6.45, 7) is 7.26. The number of benzene rings is 1. The maximum Gasteiger partial charge on any atom is 0.315 e. The van der Waals surface area contributed by atoms with Gasteiger partial charge in [-0.1, -0.05) is 19.1 Å². The monoisotopic (exact) mass is 318 g/mol. The van der Waals surface area contributed by atoms with E-state index in [0.717, 1.165) is 29.8 Å². The third kappa shape index (κ3) is 4.45. The number of amides is 2. The van der Waals surface area contributed by atoms with Crippen LogP contribution in [-0.4, -0.2) is 39.9 Å². The van der Waals surface area contributed by atoms with Gasteiger partial charge in [0.05, 0.1) is 11.0 Å². The van der Waals surface area contributed by atoms with Crippen LogP contribution in [0.4, 0.5) is 4.79 Å². The predicted octanol–water partition coefficient (Wildman–Crippen LogP) is 2.05. The molecule has 23 heavy (non-hydrogen) atoms. The zero-order valence-corrected chi connectivity index (χ0v) is 14.0.